The fraction of sp³-hybridized carbons (Fsp3) is 0.458. The first kappa shape index (κ1) is 25.1. The minimum Gasteiger partial charge on any atom is -0.493 e. The Morgan fingerprint density at radius 2 is 1.65 bits per heavy atom. The Morgan fingerprint density at radius 1 is 1.03 bits per heavy atom. The molecule has 7 heteroatoms. The van der Waals surface area contributed by atoms with Crippen LogP contribution in [0.25, 0.3) is 0 Å². The minimum absolute atomic E-state index is 0. The molecule has 0 aromatic heterocycles. The first-order valence-corrected chi connectivity index (χ1v) is 10.4. The van der Waals surface area contributed by atoms with Gasteiger partial charge in [-0.2, -0.15) is 0 Å². The van der Waals surface area contributed by atoms with Crippen molar-refractivity contribution in [3.63, 3.8) is 0 Å². The zero-order valence-electron chi connectivity index (χ0n) is 19.2. The van der Waals surface area contributed by atoms with Crippen LogP contribution in [0, 0.1) is 0 Å². The summed E-state index contributed by atoms with van der Waals surface area (Å²) in [6.45, 7) is 5.04. The second-order valence-corrected chi connectivity index (χ2v) is 7.87. The van der Waals surface area contributed by atoms with Crippen molar-refractivity contribution in [3.8, 4) is 17.2 Å². The molecule has 2 atom stereocenters. The van der Waals surface area contributed by atoms with Crippen LogP contribution in [0.4, 0.5) is 0 Å². The molecule has 0 spiro atoms. The van der Waals surface area contributed by atoms with Gasteiger partial charge in [0.05, 0.1) is 21.3 Å². The van der Waals surface area contributed by atoms with E-state index in [1.165, 1.54) is 11.1 Å². The average Bonchev–Trinajstić information content (AvgIpc) is 3.54. The van der Waals surface area contributed by atoms with Crippen LogP contribution >= 0.6 is 24.0 Å². The Kier molecular flexibility index (Phi) is 9.28. The van der Waals surface area contributed by atoms with Crippen LogP contribution in [0.3, 0.4) is 0 Å². The molecule has 0 heterocycles. The summed E-state index contributed by atoms with van der Waals surface area (Å²) in [6.07, 6.45) is 1.12. The number of ether oxygens (including phenoxy) is 3. The van der Waals surface area contributed by atoms with Gasteiger partial charge in [-0.1, -0.05) is 38.1 Å². The van der Waals surface area contributed by atoms with Crippen LogP contribution in [0.5, 0.6) is 17.2 Å². The Hall–Kier alpha value is -2.16. The van der Waals surface area contributed by atoms with Gasteiger partial charge in [0.25, 0.3) is 0 Å². The molecule has 0 aliphatic heterocycles. The van der Waals surface area contributed by atoms with Gasteiger partial charge in [0, 0.05) is 25.6 Å². The molecule has 1 aliphatic rings. The SMILES string of the molecule is CN=C(NCc1cc(OC)c(OC)c(OC)c1)NC1CC1c1ccc(C(C)C)cc1.I. The molecule has 3 rings (SSSR count). The van der Waals surface area contributed by atoms with Crippen LogP contribution in [0.15, 0.2) is 41.4 Å². The lowest BCUT2D eigenvalue weighted by molar-refractivity contribution is 0.323. The topological polar surface area (TPSA) is 64.1 Å². The third kappa shape index (κ3) is 6.18. The van der Waals surface area contributed by atoms with Crippen molar-refractivity contribution in [1.82, 2.24) is 10.6 Å². The van der Waals surface area contributed by atoms with E-state index in [0.29, 0.717) is 41.7 Å². The largest absolute Gasteiger partial charge is 0.493 e. The molecule has 0 saturated heterocycles. The molecular weight excluding hydrogens is 505 g/mol. The van der Waals surface area contributed by atoms with Crippen LogP contribution in [-0.2, 0) is 6.54 Å². The number of methoxy groups -OCH3 is 3. The summed E-state index contributed by atoms with van der Waals surface area (Å²) >= 11 is 0. The number of nitrogens with one attached hydrogen (secondary N) is 2. The number of hydrogen-bond donors (Lipinski definition) is 2. The van der Waals surface area contributed by atoms with Crippen LogP contribution in [0.2, 0.25) is 0 Å². The van der Waals surface area contributed by atoms with Gasteiger partial charge < -0.3 is 24.8 Å². The highest BCUT2D eigenvalue weighted by molar-refractivity contribution is 14.0. The van der Waals surface area contributed by atoms with E-state index in [1.807, 2.05) is 12.1 Å². The van der Waals surface area contributed by atoms with Crippen molar-refractivity contribution in [2.75, 3.05) is 28.4 Å². The maximum absolute atomic E-state index is 5.43. The van der Waals surface area contributed by atoms with Gasteiger partial charge in [0.15, 0.2) is 17.5 Å². The molecule has 0 bridgehead atoms. The van der Waals surface area contributed by atoms with Crippen LogP contribution in [0.1, 0.15) is 48.8 Å². The van der Waals surface area contributed by atoms with E-state index in [2.05, 4.69) is 53.7 Å². The van der Waals surface area contributed by atoms with E-state index in [0.717, 1.165) is 17.9 Å². The van der Waals surface area contributed by atoms with Gasteiger partial charge in [-0.05, 0) is 41.2 Å². The normalized spacial score (nSPS) is 17.6. The molecule has 2 aromatic carbocycles. The number of nitrogens with zero attached hydrogens (tertiary/aromatic N) is 1. The molecule has 0 amide bonds. The van der Waals surface area contributed by atoms with Crippen molar-refractivity contribution in [2.45, 2.75) is 44.7 Å². The van der Waals surface area contributed by atoms with Crippen molar-refractivity contribution in [3.05, 3.63) is 53.1 Å². The second kappa shape index (κ2) is 11.5. The fourth-order valence-corrected chi connectivity index (χ4v) is 3.64. The van der Waals surface area contributed by atoms with Gasteiger partial charge in [0.2, 0.25) is 5.75 Å². The number of benzene rings is 2. The molecule has 170 valence electrons. The molecular formula is C24H34IN3O3. The summed E-state index contributed by atoms with van der Waals surface area (Å²) in [5.74, 6) is 3.76. The van der Waals surface area contributed by atoms with Gasteiger partial charge >= 0.3 is 0 Å². The number of hydrogen-bond acceptors (Lipinski definition) is 4. The average molecular weight is 539 g/mol. The molecule has 0 radical (unpaired) electrons. The van der Waals surface area contributed by atoms with Gasteiger partial charge in [-0.3, -0.25) is 4.99 Å². The number of halogens is 1. The third-order valence-corrected chi connectivity index (χ3v) is 5.55. The highest BCUT2D eigenvalue weighted by Crippen LogP contribution is 2.41. The number of guanidine groups is 1. The molecule has 6 nitrogen and oxygen atoms in total. The predicted molar refractivity (Wildman–Crippen MR) is 137 cm³/mol. The lowest BCUT2D eigenvalue weighted by Gasteiger charge is -2.16. The van der Waals surface area contributed by atoms with E-state index in [9.17, 15) is 0 Å². The first-order chi connectivity index (χ1) is 14.5. The van der Waals surface area contributed by atoms with Crippen LogP contribution < -0.4 is 24.8 Å². The molecule has 1 aliphatic carbocycles. The third-order valence-electron chi connectivity index (χ3n) is 5.55. The minimum atomic E-state index is 0. The zero-order chi connectivity index (χ0) is 21.7. The monoisotopic (exact) mass is 539 g/mol. The Morgan fingerprint density at radius 3 is 2.13 bits per heavy atom. The maximum atomic E-state index is 5.43. The fourth-order valence-electron chi connectivity index (χ4n) is 3.64. The van der Waals surface area contributed by atoms with E-state index in [1.54, 1.807) is 28.4 Å². The lowest BCUT2D eigenvalue weighted by Crippen LogP contribution is -2.38. The molecule has 2 N–H and O–H groups in total. The zero-order valence-corrected chi connectivity index (χ0v) is 21.5. The maximum Gasteiger partial charge on any atom is 0.203 e. The van der Waals surface area contributed by atoms with E-state index in [-0.39, 0.29) is 24.0 Å². The van der Waals surface area contributed by atoms with E-state index < -0.39 is 0 Å². The lowest BCUT2D eigenvalue weighted by atomic mass is 10.0. The summed E-state index contributed by atoms with van der Waals surface area (Å²) in [5, 5.41) is 6.91. The first-order valence-electron chi connectivity index (χ1n) is 10.4. The predicted octanol–water partition coefficient (Wildman–Crippen LogP) is 4.67. The van der Waals surface area contributed by atoms with E-state index in [4.69, 9.17) is 14.2 Å². The summed E-state index contributed by atoms with van der Waals surface area (Å²) in [4.78, 5) is 4.37. The standard InChI is InChI=1S/C24H33N3O3.HI/c1-15(2)17-7-9-18(10-8-17)19-13-20(19)27-24(25-3)26-14-16-11-21(28-4)23(30-6)22(12-16)29-5;/h7-12,15,19-20H,13-14H2,1-6H3,(H2,25,26,27);1H. The van der Waals surface area contributed by atoms with Crippen molar-refractivity contribution < 1.29 is 14.2 Å². The smallest absolute Gasteiger partial charge is 0.203 e. The summed E-state index contributed by atoms with van der Waals surface area (Å²) in [6, 6.07) is 13.3. The Bertz CT molecular complexity index is 859. The molecule has 2 unspecified atom stereocenters. The Balaban J connectivity index is 0.00000341. The van der Waals surface area contributed by atoms with Gasteiger partial charge in [-0.25, -0.2) is 0 Å². The summed E-state index contributed by atoms with van der Waals surface area (Å²) in [7, 11) is 6.64. The highest BCUT2D eigenvalue weighted by atomic mass is 127. The Labute approximate surface area is 202 Å². The molecule has 31 heavy (non-hydrogen) atoms. The van der Waals surface area contributed by atoms with Gasteiger partial charge in [-0.15, -0.1) is 24.0 Å². The van der Waals surface area contributed by atoms with Gasteiger partial charge in [0.1, 0.15) is 0 Å². The second-order valence-electron chi connectivity index (χ2n) is 7.87. The quantitative estimate of drug-likeness (QED) is 0.290. The van der Waals surface area contributed by atoms with Crippen molar-refractivity contribution in [1.29, 1.82) is 0 Å². The van der Waals surface area contributed by atoms with Crippen LogP contribution in [-0.4, -0.2) is 40.4 Å². The number of aliphatic imine (C=N–C) groups is 1. The van der Waals surface area contributed by atoms with E-state index >= 15 is 0 Å². The molecule has 2 aromatic rings. The summed E-state index contributed by atoms with van der Waals surface area (Å²) in [5.41, 5.74) is 3.78. The highest BCUT2D eigenvalue weighted by Gasteiger charge is 2.39. The van der Waals surface area contributed by atoms with Crippen molar-refractivity contribution >= 4 is 29.9 Å². The molecule has 1 saturated carbocycles. The van der Waals surface area contributed by atoms with Crippen molar-refractivity contribution in [2.24, 2.45) is 4.99 Å². The number of rotatable bonds is 8. The summed E-state index contributed by atoms with van der Waals surface area (Å²) < 4.78 is 16.3. The molecule has 1 fully saturated rings.